The number of piperidine rings is 1. The van der Waals surface area contributed by atoms with Crippen LogP contribution in [0.15, 0.2) is 42.7 Å². The van der Waals surface area contributed by atoms with Crippen molar-refractivity contribution in [2.75, 3.05) is 6.54 Å². The van der Waals surface area contributed by atoms with Crippen LogP contribution >= 0.6 is 0 Å². The number of hydrogen-bond acceptors (Lipinski definition) is 3. The van der Waals surface area contributed by atoms with Crippen molar-refractivity contribution in [3.8, 4) is 11.1 Å². The first-order chi connectivity index (χ1) is 13.2. The van der Waals surface area contributed by atoms with Gasteiger partial charge in [0.15, 0.2) is 0 Å². The molecule has 1 fully saturated rings. The van der Waals surface area contributed by atoms with Crippen molar-refractivity contribution in [1.82, 2.24) is 9.88 Å². The molecule has 1 saturated heterocycles. The van der Waals surface area contributed by atoms with Crippen LogP contribution in [0.25, 0.3) is 11.1 Å². The molecule has 0 N–H and O–H groups in total. The van der Waals surface area contributed by atoms with Crippen molar-refractivity contribution < 1.29 is 9.53 Å². The zero-order valence-electron chi connectivity index (χ0n) is 17.5. The number of amides is 1. The van der Waals surface area contributed by atoms with Crippen LogP contribution in [-0.2, 0) is 16.6 Å². The summed E-state index contributed by atoms with van der Waals surface area (Å²) in [6.45, 7) is 11.2. The average molecular weight is 379 g/mol. The fraction of sp³-hybridized carbons (Fsp3) is 0.500. The maximum absolute atomic E-state index is 12.8. The van der Waals surface area contributed by atoms with Crippen LogP contribution in [0.5, 0.6) is 0 Å². The predicted molar refractivity (Wildman–Crippen MR) is 111 cm³/mol. The van der Waals surface area contributed by atoms with Crippen molar-refractivity contribution in [3.63, 3.8) is 0 Å². The van der Waals surface area contributed by atoms with Crippen LogP contribution in [0.2, 0.25) is 0 Å². The molecule has 3 atom stereocenters. The van der Waals surface area contributed by atoms with Crippen LogP contribution in [0.4, 0.5) is 4.79 Å². The Morgan fingerprint density at radius 1 is 1.25 bits per heavy atom. The number of nitrogens with zero attached hydrogens (tertiary/aromatic N) is 2. The van der Waals surface area contributed by atoms with Crippen molar-refractivity contribution in [3.05, 3.63) is 53.9 Å². The lowest BCUT2D eigenvalue weighted by atomic mass is 9.59. The monoisotopic (exact) mass is 378 g/mol. The quantitative estimate of drug-likeness (QED) is 0.684. The third-order valence-electron chi connectivity index (χ3n) is 6.63. The van der Waals surface area contributed by atoms with Crippen molar-refractivity contribution in [2.45, 2.75) is 64.5 Å². The van der Waals surface area contributed by atoms with Gasteiger partial charge < -0.3 is 9.64 Å². The van der Waals surface area contributed by atoms with Crippen LogP contribution in [-0.4, -0.2) is 34.2 Å². The molecule has 2 bridgehead atoms. The maximum atomic E-state index is 12.8. The van der Waals surface area contributed by atoms with E-state index in [1.165, 1.54) is 16.7 Å². The van der Waals surface area contributed by atoms with Crippen LogP contribution in [0, 0.1) is 5.92 Å². The predicted octanol–water partition coefficient (Wildman–Crippen LogP) is 5.21. The highest BCUT2D eigenvalue weighted by Crippen LogP contribution is 2.49. The summed E-state index contributed by atoms with van der Waals surface area (Å²) in [4.78, 5) is 19.0. The fourth-order valence-electron chi connectivity index (χ4n) is 4.88. The molecule has 0 spiro atoms. The Morgan fingerprint density at radius 3 is 2.71 bits per heavy atom. The fourth-order valence-corrected chi connectivity index (χ4v) is 4.88. The molecular formula is C24H30N2O2. The van der Waals surface area contributed by atoms with Gasteiger partial charge in [0.05, 0.1) is 0 Å². The number of benzene rings is 1. The molecule has 2 unspecified atom stereocenters. The van der Waals surface area contributed by atoms with E-state index in [9.17, 15) is 4.79 Å². The molecule has 2 aromatic rings. The zero-order chi connectivity index (χ0) is 20.1. The van der Waals surface area contributed by atoms with E-state index in [1.807, 2.05) is 44.1 Å². The second kappa shape index (κ2) is 6.61. The van der Waals surface area contributed by atoms with Crippen molar-refractivity contribution in [2.24, 2.45) is 5.92 Å². The maximum Gasteiger partial charge on any atom is 0.410 e. The average Bonchev–Trinajstić information content (AvgIpc) is 2.63. The number of likely N-dealkylation sites (tertiary alicyclic amines) is 1. The lowest BCUT2D eigenvalue weighted by Gasteiger charge is -2.54. The standard InChI is InChI=1S/C24H30N2O2/c1-16-21-14-18-9-8-17(19-7-6-11-25-15-19)13-20(18)24(16,5)10-12-26(21)22(27)28-23(2,3)4/h6-9,11,13,15-16,21H,10,12,14H2,1-5H3/t16?,21?,24-/m1/s1. The summed E-state index contributed by atoms with van der Waals surface area (Å²) in [5.74, 6) is 0.380. The van der Waals surface area contributed by atoms with Gasteiger partial charge >= 0.3 is 6.09 Å². The first kappa shape index (κ1) is 19.0. The van der Waals surface area contributed by atoms with Crippen molar-refractivity contribution >= 4 is 6.09 Å². The lowest BCUT2D eigenvalue weighted by molar-refractivity contribution is -0.0164. The lowest BCUT2D eigenvalue weighted by Crippen LogP contribution is -2.60. The smallest absolute Gasteiger partial charge is 0.410 e. The van der Waals surface area contributed by atoms with Gasteiger partial charge in [0.25, 0.3) is 0 Å². The minimum absolute atomic E-state index is 0.0645. The highest BCUT2D eigenvalue weighted by Gasteiger charge is 2.50. The summed E-state index contributed by atoms with van der Waals surface area (Å²) in [6, 6.07) is 11.1. The van der Waals surface area contributed by atoms with E-state index in [4.69, 9.17) is 4.74 Å². The summed E-state index contributed by atoms with van der Waals surface area (Å²) < 4.78 is 5.69. The minimum Gasteiger partial charge on any atom is -0.444 e. The van der Waals surface area contributed by atoms with E-state index in [0.29, 0.717) is 5.92 Å². The number of fused-ring (bicyclic) bond motifs is 4. The molecule has 28 heavy (non-hydrogen) atoms. The molecular weight excluding hydrogens is 348 g/mol. The Labute approximate surface area is 167 Å². The normalized spacial score (nSPS) is 26.5. The van der Waals surface area contributed by atoms with Gasteiger partial charge in [-0.1, -0.05) is 38.1 Å². The zero-order valence-corrected chi connectivity index (χ0v) is 17.5. The number of rotatable bonds is 1. The van der Waals surface area contributed by atoms with Gasteiger partial charge in [0.2, 0.25) is 0 Å². The van der Waals surface area contributed by atoms with Gasteiger partial charge in [-0.2, -0.15) is 0 Å². The van der Waals surface area contributed by atoms with E-state index in [-0.39, 0.29) is 17.6 Å². The van der Waals surface area contributed by atoms with Crippen LogP contribution < -0.4 is 0 Å². The molecule has 1 amide bonds. The van der Waals surface area contributed by atoms with Crippen LogP contribution in [0.1, 0.15) is 52.2 Å². The Hall–Kier alpha value is -2.36. The number of aromatic nitrogens is 1. The van der Waals surface area contributed by atoms with Crippen LogP contribution in [0.3, 0.4) is 0 Å². The number of carbonyl (C=O) groups excluding carboxylic acids is 1. The summed E-state index contributed by atoms with van der Waals surface area (Å²) in [6.07, 6.45) is 5.39. The molecule has 4 rings (SSSR count). The molecule has 0 saturated carbocycles. The Bertz CT molecular complexity index is 887. The summed E-state index contributed by atoms with van der Waals surface area (Å²) in [5, 5.41) is 0. The first-order valence-electron chi connectivity index (χ1n) is 10.2. The topological polar surface area (TPSA) is 42.4 Å². The Morgan fingerprint density at radius 2 is 2.04 bits per heavy atom. The highest BCUT2D eigenvalue weighted by atomic mass is 16.6. The summed E-state index contributed by atoms with van der Waals surface area (Å²) in [7, 11) is 0. The van der Waals surface area contributed by atoms with E-state index >= 15 is 0 Å². The first-order valence-corrected chi connectivity index (χ1v) is 10.2. The van der Waals surface area contributed by atoms with E-state index in [2.05, 4.69) is 43.1 Å². The van der Waals surface area contributed by atoms with Gasteiger partial charge in [-0.15, -0.1) is 0 Å². The summed E-state index contributed by atoms with van der Waals surface area (Å²) >= 11 is 0. The largest absolute Gasteiger partial charge is 0.444 e. The SMILES string of the molecule is CC1C2Cc3ccc(-c4cccnc4)cc3[C@]1(C)CCN2C(=O)OC(C)(C)C. The molecule has 1 aromatic heterocycles. The van der Waals surface area contributed by atoms with E-state index < -0.39 is 5.60 Å². The highest BCUT2D eigenvalue weighted by molar-refractivity contribution is 5.70. The molecule has 1 aliphatic carbocycles. The molecule has 4 nitrogen and oxygen atoms in total. The van der Waals surface area contributed by atoms with Crippen molar-refractivity contribution in [1.29, 1.82) is 0 Å². The molecule has 1 aliphatic heterocycles. The van der Waals surface area contributed by atoms with Gasteiger partial charge in [-0.25, -0.2) is 4.79 Å². The number of pyridine rings is 1. The second-order valence-electron chi connectivity index (χ2n) is 9.51. The molecule has 0 radical (unpaired) electrons. The number of ether oxygens (including phenoxy) is 1. The van der Waals surface area contributed by atoms with E-state index in [0.717, 1.165) is 24.9 Å². The Kier molecular flexibility index (Phi) is 4.48. The van der Waals surface area contributed by atoms with Gasteiger partial charge in [0.1, 0.15) is 5.60 Å². The number of hydrogen-bond donors (Lipinski definition) is 0. The second-order valence-corrected chi connectivity index (χ2v) is 9.51. The third-order valence-corrected chi connectivity index (χ3v) is 6.63. The Balaban J connectivity index is 1.69. The number of carbonyl (C=O) groups is 1. The molecule has 4 heteroatoms. The van der Waals surface area contributed by atoms with Gasteiger partial charge in [-0.05, 0) is 73.3 Å². The third kappa shape index (κ3) is 3.19. The van der Waals surface area contributed by atoms with E-state index in [1.54, 1.807) is 0 Å². The minimum atomic E-state index is -0.466. The van der Waals surface area contributed by atoms with Gasteiger partial charge in [0, 0.05) is 25.0 Å². The molecule has 2 aliphatic rings. The molecule has 148 valence electrons. The molecule has 2 heterocycles. The molecule has 1 aromatic carbocycles. The summed E-state index contributed by atoms with van der Waals surface area (Å²) in [5.41, 5.74) is 4.75. The van der Waals surface area contributed by atoms with Gasteiger partial charge in [-0.3, -0.25) is 4.98 Å².